The van der Waals surface area contributed by atoms with Gasteiger partial charge in [0.1, 0.15) is 12.1 Å². The molecule has 3 heterocycles. The first-order valence-electron chi connectivity index (χ1n) is 9.98. The molecule has 0 bridgehead atoms. The average Bonchev–Trinajstić information content (AvgIpc) is 3.18. The van der Waals surface area contributed by atoms with E-state index < -0.39 is 11.8 Å². The van der Waals surface area contributed by atoms with Crippen molar-refractivity contribution in [2.75, 3.05) is 37.6 Å². The Bertz CT molecular complexity index is 1140. The number of halogens is 2. The van der Waals surface area contributed by atoms with E-state index >= 15 is 0 Å². The lowest BCUT2D eigenvalue weighted by atomic mass is 10.1. The predicted octanol–water partition coefficient (Wildman–Crippen LogP) is 1.61. The standard InChI is InChI=1S/C21H23F2N7O/c22-20(23)16(12-24)13-30-21(31)29(14-26-30)19-6-2-5-18(27-19)15-3-1-4-17(11-15)28-9-7-25-8-10-28/h1-6,11,14,25H,7-10,12-13,24H2. The minimum absolute atomic E-state index is 0.334. The predicted molar refractivity (Wildman–Crippen MR) is 114 cm³/mol. The molecule has 0 amide bonds. The van der Waals surface area contributed by atoms with Crippen LogP contribution in [-0.4, -0.2) is 52.1 Å². The first-order chi connectivity index (χ1) is 15.1. The highest BCUT2D eigenvalue weighted by Crippen LogP contribution is 2.24. The van der Waals surface area contributed by atoms with Crippen LogP contribution in [-0.2, 0) is 6.54 Å². The fourth-order valence-corrected chi connectivity index (χ4v) is 3.49. The molecule has 0 spiro atoms. The molecule has 31 heavy (non-hydrogen) atoms. The molecule has 8 nitrogen and oxygen atoms in total. The summed E-state index contributed by atoms with van der Waals surface area (Å²) in [7, 11) is 0. The number of hydrogen-bond donors (Lipinski definition) is 2. The number of anilines is 1. The summed E-state index contributed by atoms with van der Waals surface area (Å²) in [6, 6.07) is 13.4. The molecule has 0 saturated carbocycles. The number of aromatic nitrogens is 4. The summed E-state index contributed by atoms with van der Waals surface area (Å²) in [6.07, 6.45) is -0.621. The second-order valence-corrected chi connectivity index (χ2v) is 7.18. The molecule has 162 valence electrons. The average molecular weight is 427 g/mol. The molecule has 1 aromatic carbocycles. The summed E-state index contributed by atoms with van der Waals surface area (Å²) in [5.74, 6) is 0.361. The zero-order valence-corrected chi connectivity index (χ0v) is 16.8. The Balaban J connectivity index is 1.63. The fourth-order valence-electron chi connectivity index (χ4n) is 3.49. The minimum Gasteiger partial charge on any atom is -0.369 e. The lowest BCUT2D eigenvalue weighted by Gasteiger charge is -2.29. The maximum Gasteiger partial charge on any atom is 0.351 e. The third kappa shape index (κ3) is 4.54. The van der Waals surface area contributed by atoms with Gasteiger partial charge in [-0.2, -0.15) is 13.9 Å². The Morgan fingerprint density at radius 3 is 2.65 bits per heavy atom. The third-order valence-corrected chi connectivity index (χ3v) is 5.19. The van der Waals surface area contributed by atoms with Crippen molar-refractivity contribution in [3.8, 4) is 17.1 Å². The van der Waals surface area contributed by atoms with Gasteiger partial charge in [-0.05, 0) is 24.3 Å². The number of rotatable bonds is 6. The van der Waals surface area contributed by atoms with E-state index in [0.717, 1.165) is 42.1 Å². The fraction of sp³-hybridized carbons (Fsp3) is 0.286. The highest BCUT2D eigenvalue weighted by molar-refractivity contribution is 5.66. The van der Waals surface area contributed by atoms with Gasteiger partial charge < -0.3 is 16.0 Å². The van der Waals surface area contributed by atoms with Crippen molar-refractivity contribution >= 4 is 5.69 Å². The van der Waals surface area contributed by atoms with Crippen LogP contribution in [0.2, 0.25) is 0 Å². The zero-order valence-electron chi connectivity index (χ0n) is 16.8. The van der Waals surface area contributed by atoms with Crippen LogP contribution in [0.4, 0.5) is 14.5 Å². The molecule has 0 aliphatic carbocycles. The van der Waals surface area contributed by atoms with Gasteiger partial charge in [-0.1, -0.05) is 18.2 Å². The summed E-state index contributed by atoms with van der Waals surface area (Å²) >= 11 is 0. The Morgan fingerprint density at radius 1 is 1.13 bits per heavy atom. The number of pyridine rings is 1. The molecule has 3 aromatic rings. The van der Waals surface area contributed by atoms with Crippen molar-refractivity contribution in [2.24, 2.45) is 5.73 Å². The minimum atomic E-state index is -1.89. The molecule has 0 atom stereocenters. The quantitative estimate of drug-likeness (QED) is 0.621. The van der Waals surface area contributed by atoms with Gasteiger partial charge in [-0.3, -0.25) is 0 Å². The van der Waals surface area contributed by atoms with Crippen LogP contribution in [0.25, 0.3) is 17.1 Å². The van der Waals surface area contributed by atoms with Crippen molar-refractivity contribution in [3.63, 3.8) is 0 Å². The molecule has 10 heteroatoms. The van der Waals surface area contributed by atoms with E-state index in [-0.39, 0.29) is 18.7 Å². The topological polar surface area (TPSA) is 94.0 Å². The van der Waals surface area contributed by atoms with E-state index in [4.69, 9.17) is 5.73 Å². The monoisotopic (exact) mass is 427 g/mol. The van der Waals surface area contributed by atoms with Crippen molar-refractivity contribution < 1.29 is 8.78 Å². The van der Waals surface area contributed by atoms with E-state index in [2.05, 4.69) is 32.4 Å². The second-order valence-electron chi connectivity index (χ2n) is 7.18. The normalized spacial score (nSPS) is 14.0. The maximum atomic E-state index is 12.9. The van der Waals surface area contributed by atoms with E-state index in [9.17, 15) is 13.6 Å². The molecule has 4 rings (SSSR count). The van der Waals surface area contributed by atoms with E-state index in [0.29, 0.717) is 11.5 Å². The molecule has 0 radical (unpaired) electrons. The van der Waals surface area contributed by atoms with Gasteiger partial charge in [0.15, 0.2) is 0 Å². The zero-order chi connectivity index (χ0) is 21.8. The molecule has 1 aliphatic rings. The number of nitrogens with one attached hydrogen (secondary N) is 1. The van der Waals surface area contributed by atoms with E-state index in [1.54, 1.807) is 12.1 Å². The van der Waals surface area contributed by atoms with Gasteiger partial charge in [0, 0.05) is 49.5 Å². The summed E-state index contributed by atoms with van der Waals surface area (Å²) in [4.78, 5) is 19.6. The molecule has 1 aliphatic heterocycles. The Hall–Kier alpha value is -3.37. The molecular weight excluding hydrogens is 404 g/mol. The van der Waals surface area contributed by atoms with Gasteiger partial charge in [0.25, 0.3) is 6.08 Å². The Kier molecular flexibility index (Phi) is 6.19. The highest BCUT2D eigenvalue weighted by Gasteiger charge is 2.14. The molecule has 2 aromatic heterocycles. The highest BCUT2D eigenvalue weighted by atomic mass is 19.3. The van der Waals surface area contributed by atoms with Gasteiger partial charge in [-0.25, -0.2) is 19.0 Å². The Morgan fingerprint density at radius 2 is 1.90 bits per heavy atom. The molecule has 0 unspecified atom stereocenters. The summed E-state index contributed by atoms with van der Waals surface area (Å²) in [6.45, 7) is 3.04. The van der Waals surface area contributed by atoms with Crippen LogP contribution < -0.4 is 21.6 Å². The molecule has 3 N–H and O–H groups in total. The van der Waals surface area contributed by atoms with Gasteiger partial charge >= 0.3 is 5.69 Å². The van der Waals surface area contributed by atoms with Crippen molar-refractivity contribution in [2.45, 2.75) is 6.54 Å². The van der Waals surface area contributed by atoms with Crippen LogP contribution in [0.5, 0.6) is 0 Å². The largest absolute Gasteiger partial charge is 0.369 e. The van der Waals surface area contributed by atoms with Crippen LogP contribution in [0.15, 0.2) is 65.2 Å². The van der Waals surface area contributed by atoms with E-state index in [1.807, 2.05) is 18.2 Å². The van der Waals surface area contributed by atoms with E-state index in [1.165, 1.54) is 10.9 Å². The number of nitrogens with zero attached hydrogens (tertiary/aromatic N) is 5. The SMILES string of the molecule is NCC(Cn1ncn(-c2cccc(-c3cccc(N4CCNCC4)c3)n2)c1=O)=C(F)F. The number of hydrogen-bond acceptors (Lipinski definition) is 6. The number of nitrogens with two attached hydrogens (primary N) is 1. The smallest absolute Gasteiger partial charge is 0.351 e. The lowest BCUT2D eigenvalue weighted by Crippen LogP contribution is -2.43. The number of benzene rings is 1. The number of piperazine rings is 1. The summed E-state index contributed by atoms with van der Waals surface area (Å²) in [5.41, 5.74) is 7.17. The van der Waals surface area contributed by atoms with Gasteiger partial charge in [0.2, 0.25) is 0 Å². The lowest BCUT2D eigenvalue weighted by molar-refractivity contribution is 0.400. The second kappa shape index (κ2) is 9.19. The van der Waals surface area contributed by atoms with Crippen molar-refractivity contribution in [1.82, 2.24) is 24.6 Å². The maximum absolute atomic E-state index is 12.9. The van der Waals surface area contributed by atoms with Crippen LogP contribution in [0, 0.1) is 0 Å². The van der Waals surface area contributed by atoms with Crippen molar-refractivity contribution in [3.05, 3.63) is 70.9 Å². The summed E-state index contributed by atoms with van der Waals surface area (Å²) < 4.78 is 27.9. The van der Waals surface area contributed by atoms with Crippen LogP contribution in [0.1, 0.15) is 0 Å². The van der Waals surface area contributed by atoms with Gasteiger partial charge in [-0.15, -0.1) is 0 Å². The van der Waals surface area contributed by atoms with Crippen LogP contribution in [0.3, 0.4) is 0 Å². The first-order valence-corrected chi connectivity index (χ1v) is 9.98. The molecular formula is C21H23F2N7O. The molecule has 1 fully saturated rings. The van der Waals surface area contributed by atoms with Crippen LogP contribution >= 0.6 is 0 Å². The third-order valence-electron chi connectivity index (χ3n) is 5.19. The Labute approximate surface area is 177 Å². The molecule has 1 saturated heterocycles. The van der Waals surface area contributed by atoms with Gasteiger partial charge in [0.05, 0.1) is 12.2 Å². The van der Waals surface area contributed by atoms with Crippen molar-refractivity contribution in [1.29, 1.82) is 0 Å². The summed E-state index contributed by atoms with van der Waals surface area (Å²) in [5, 5.41) is 7.27. The first kappa shape index (κ1) is 20.9.